The predicted octanol–water partition coefficient (Wildman–Crippen LogP) is 2.79. The summed E-state index contributed by atoms with van der Waals surface area (Å²) in [6, 6.07) is 11.0. The van der Waals surface area contributed by atoms with E-state index in [1.807, 2.05) is 35.2 Å². The smallest absolute Gasteiger partial charge is 0.410 e. The van der Waals surface area contributed by atoms with Gasteiger partial charge in [-0.25, -0.2) is 4.79 Å². The lowest BCUT2D eigenvalue weighted by atomic mass is 9.60. The van der Waals surface area contributed by atoms with Gasteiger partial charge in [-0.2, -0.15) is 0 Å². The second kappa shape index (κ2) is 5.68. The normalized spacial score (nSPS) is 20.2. The lowest BCUT2D eigenvalue weighted by Crippen LogP contribution is -2.67. The van der Waals surface area contributed by atoms with Crippen LogP contribution in [0.15, 0.2) is 30.3 Å². The van der Waals surface area contributed by atoms with Crippen molar-refractivity contribution in [1.29, 1.82) is 0 Å². The molecule has 2 fully saturated rings. The summed E-state index contributed by atoms with van der Waals surface area (Å²) in [6.45, 7) is 6.44. The van der Waals surface area contributed by atoms with Crippen LogP contribution < -0.4 is 5.32 Å². The second-order valence-electron chi connectivity index (χ2n) is 6.82. The summed E-state index contributed by atoms with van der Waals surface area (Å²) in [4.78, 5) is 13.8. The Balaban J connectivity index is 1.38. The second-order valence-corrected chi connectivity index (χ2v) is 6.82. The van der Waals surface area contributed by atoms with Crippen LogP contribution in [0.25, 0.3) is 0 Å². The zero-order chi connectivity index (χ0) is 14.9. The van der Waals surface area contributed by atoms with E-state index in [4.69, 9.17) is 4.74 Å². The Morgan fingerprint density at radius 3 is 2.62 bits per heavy atom. The molecule has 4 nitrogen and oxygen atoms in total. The van der Waals surface area contributed by atoms with Gasteiger partial charge in [0.25, 0.3) is 0 Å². The van der Waals surface area contributed by atoms with Crippen molar-refractivity contribution in [3.8, 4) is 0 Å². The zero-order valence-electron chi connectivity index (χ0n) is 12.8. The van der Waals surface area contributed by atoms with Gasteiger partial charge in [0.05, 0.1) is 0 Å². The summed E-state index contributed by atoms with van der Waals surface area (Å²) in [7, 11) is 0. The minimum Gasteiger partial charge on any atom is -0.445 e. The molecule has 1 heterocycles. The molecule has 1 N–H and O–H groups in total. The van der Waals surface area contributed by atoms with Crippen molar-refractivity contribution in [1.82, 2.24) is 10.2 Å². The molecule has 114 valence electrons. The van der Waals surface area contributed by atoms with Crippen LogP contribution in [-0.4, -0.2) is 36.2 Å². The Hall–Kier alpha value is -1.55. The average Bonchev–Trinajstić information content (AvgIpc) is 2.38. The fourth-order valence-corrected chi connectivity index (χ4v) is 3.54. The first-order valence-corrected chi connectivity index (χ1v) is 7.78. The summed E-state index contributed by atoms with van der Waals surface area (Å²) in [5.41, 5.74) is 1.41. The van der Waals surface area contributed by atoms with Crippen LogP contribution in [0.1, 0.15) is 32.3 Å². The van der Waals surface area contributed by atoms with Crippen LogP contribution >= 0.6 is 0 Å². The zero-order valence-corrected chi connectivity index (χ0v) is 12.8. The lowest BCUT2D eigenvalue weighted by molar-refractivity contribution is -0.0724. The van der Waals surface area contributed by atoms with E-state index >= 15 is 0 Å². The van der Waals surface area contributed by atoms with Crippen molar-refractivity contribution >= 4 is 6.09 Å². The number of amides is 1. The van der Waals surface area contributed by atoms with Gasteiger partial charge in [-0.3, -0.25) is 0 Å². The van der Waals surface area contributed by atoms with Crippen molar-refractivity contribution in [3.05, 3.63) is 35.9 Å². The topological polar surface area (TPSA) is 41.6 Å². The maximum absolute atomic E-state index is 12.0. The Labute approximate surface area is 126 Å². The van der Waals surface area contributed by atoms with Crippen LogP contribution in [0.2, 0.25) is 0 Å². The Bertz CT molecular complexity index is 487. The number of benzene rings is 1. The lowest BCUT2D eigenvalue weighted by Gasteiger charge is -2.58. The molecular formula is C17H24N2O2. The molecule has 2 aliphatic rings. The van der Waals surface area contributed by atoms with E-state index in [1.165, 1.54) is 12.8 Å². The first-order valence-electron chi connectivity index (χ1n) is 7.78. The van der Waals surface area contributed by atoms with E-state index in [9.17, 15) is 4.79 Å². The number of likely N-dealkylation sites (tertiary alicyclic amines) is 1. The fourth-order valence-electron chi connectivity index (χ4n) is 3.54. The van der Waals surface area contributed by atoms with Gasteiger partial charge < -0.3 is 15.0 Å². The summed E-state index contributed by atoms with van der Waals surface area (Å²) >= 11 is 0. The van der Waals surface area contributed by atoms with Crippen molar-refractivity contribution in [2.45, 2.75) is 45.4 Å². The number of nitrogens with zero attached hydrogens (tertiary/aromatic N) is 1. The molecule has 1 spiro atoms. The van der Waals surface area contributed by atoms with Crippen molar-refractivity contribution in [2.75, 3.05) is 13.1 Å². The van der Waals surface area contributed by atoms with Gasteiger partial charge in [0.1, 0.15) is 6.61 Å². The summed E-state index contributed by atoms with van der Waals surface area (Å²) in [5, 5.41) is 3.56. The van der Waals surface area contributed by atoms with E-state index in [0.717, 1.165) is 18.7 Å². The molecule has 4 heteroatoms. The van der Waals surface area contributed by atoms with Crippen LogP contribution in [0.3, 0.4) is 0 Å². The Morgan fingerprint density at radius 2 is 2.00 bits per heavy atom. The molecule has 21 heavy (non-hydrogen) atoms. The monoisotopic (exact) mass is 288 g/mol. The molecule has 3 rings (SSSR count). The summed E-state index contributed by atoms with van der Waals surface area (Å²) in [5.74, 6) is 0. The van der Waals surface area contributed by atoms with Gasteiger partial charge in [0.2, 0.25) is 0 Å². The molecule has 1 amide bonds. The van der Waals surface area contributed by atoms with E-state index in [0.29, 0.717) is 24.1 Å². The van der Waals surface area contributed by atoms with Gasteiger partial charge in [0.15, 0.2) is 0 Å². The van der Waals surface area contributed by atoms with E-state index in [1.54, 1.807) is 0 Å². The summed E-state index contributed by atoms with van der Waals surface area (Å²) in [6.07, 6.45) is 2.20. The molecule has 1 aliphatic carbocycles. The first kappa shape index (κ1) is 14.4. The highest BCUT2D eigenvalue weighted by Crippen LogP contribution is 2.48. The minimum atomic E-state index is -0.176. The van der Waals surface area contributed by atoms with E-state index < -0.39 is 0 Å². The van der Waals surface area contributed by atoms with Gasteiger partial charge in [0, 0.05) is 30.6 Å². The summed E-state index contributed by atoms with van der Waals surface area (Å²) < 4.78 is 5.36. The van der Waals surface area contributed by atoms with Crippen molar-refractivity contribution in [2.24, 2.45) is 5.41 Å². The number of carbonyl (C=O) groups is 1. The average molecular weight is 288 g/mol. The molecule has 1 aliphatic heterocycles. The third-order valence-corrected chi connectivity index (χ3v) is 4.44. The first-order chi connectivity index (χ1) is 10.1. The molecule has 0 unspecified atom stereocenters. The molecule has 0 atom stereocenters. The number of rotatable bonds is 4. The molecule has 0 aromatic heterocycles. The maximum Gasteiger partial charge on any atom is 0.410 e. The van der Waals surface area contributed by atoms with Crippen molar-refractivity contribution < 1.29 is 9.53 Å². The van der Waals surface area contributed by atoms with Crippen LogP contribution in [0, 0.1) is 5.41 Å². The molecule has 0 bridgehead atoms. The minimum absolute atomic E-state index is 0.176. The maximum atomic E-state index is 12.0. The SMILES string of the molecule is CC(C)NC1CC2(C1)CN(C(=O)OCc1ccccc1)C2. The highest BCUT2D eigenvalue weighted by Gasteiger charge is 2.54. The number of carbonyl (C=O) groups excluding carboxylic acids is 1. The van der Waals surface area contributed by atoms with Gasteiger partial charge in [-0.15, -0.1) is 0 Å². The Morgan fingerprint density at radius 1 is 1.33 bits per heavy atom. The predicted molar refractivity (Wildman–Crippen MR) is 81.9 cm³/mol. The Kier molecular flexibility index (Phi) is 3.89. The number of hydrogen-bond acceptors (Lipinski definition) is 3. The van der Waals surface area contributed by atoms with Gasteiger partial charge in [-0.05, 0) is 18.4 Å². The third kappa shape index (κ3) is 3.21. The standard InChI is InChI=1S/C17H24N2O2/c1-13(2)18-15-8-17(9-15)11-19(12-17)16(20)21-10-14-6-4-3-5-7-14/h3-7,13,15,18H,8-12H2,1-2H3. The molecule has 1 aromatic rings. The number of nitrogens with one attached hydrogen (secondary N) is 1. The number of ether oxygens (including phenoxy) is 1. The number of hydrogen-bond donors (Lipinski definition) is 1. The fraction of sp³-hybridized carbons (Fsp3) is 0.588. The molecular weight excluding hydrogens is 264 g/mol. The molecule has 1 saturated heterocycles. The highest BCUT2D eigenvalue weighted by molar-refractivity contribution is 5.69. The van der Waals surface area contributed by atoms with Crippen LogP contribution in [-0.2, 0) is 11.3 Å². The van der Waals surface area contributed by atoms with E-state index in [2.05, 4.69) is 19.2 Å². The van der Waals surface area contributed by atoms with Crippen LogP contribution in [0.5, 0.6) is 0 Å². The molecule has 0 radical (unpaired) electrons. The molecule has 1 aromatic carbocycles. The third-order valence-electron chi connectivity index (χ3n) is 4.44. The quantitative estimate of drug-likeness (QED) is 0.926. The van der Waals surface area contributed by atoms with Gasteiger partial charge in [-0.1, -0.05) is 44.2 Å². The van der Waals surface area contributed by atoms with Crippen LogP contribution in [0.4, 0.5) is 4.79 Å². The largest absolute Gasteiger partial charge is 0.445 e. The van der Waals surface area contributed by atoms with Crippen molar-refractivity contribution in [3.63, 3.8) is 0 Å². The molecule has 1 saturated carbocycles. The van der Waals surface area contributed by atoms with E-state index in [-0.39, 0.29) is 6.09 Å². The van der Waals surface area contributed by atoms with Gasteiger partial charge >= 0.3 is 6.09 Å². The highest BCUT2D eigenvalue weighted by atomic mass is 16.6.